The monoisotopic (exact) mass is 687 g/mol. The molecule has 2 aliphatic heterocycles. The summed E-state index contributed by atoms with van der Waals surface area (Å²) in [5, 5.41) is 20.5. The molecular formula is C33H37ClF3N7O4. The van der Waals surface area contributed by atoms with Gasteiger partial charge in [-0.15, -0.1) is 0 Å². The molecule has 6 bridgehead atoms. The number of carbonyl (C=O) groups excluding carboxylic acids is 2. The molecule has 11 nitrogen and oxygen atoms in total. The Kier molecular flexibility index (Phi) is 11.2. The zero-order chi connectivity index (χ0) is 34.3. The van der Waals surface area contributed by atoms with Gasteiger partial charge in [0.25, 0.3) is 0 Å². The quantitative estimate of drug-likeness (QED) is 0.196. The van der Waals surface area contributed by atoms with Crippen molar-refractivity contribution in [1.82, 2.24) is 20.2 Å². The Morgan fingerprint density at radius 1 is 0.979 bits per heavy atom. The molecule has 0 atom stereocenters. The minimum Gasteiger partial charge on any atom is -0.475 e. The van der Waals surface area contributed by atoms with Crippen molar-refractivity contribution in [2.24, 2.45) is 5.92 Å². The molecule has 2 fully saturated rings. The number of hydrogen-bond acceptors (Lipinski definition) is 7. The van der Waals surface area contributed by atoms with Crippen molar-refractivity contribution in [1.29, 1.82) is 0 Å². The number of aliphatic carboxylic acids is 1. The van der Waals surface area contributed by atoms with Gasteiger partial charge in [0.2, 0.25) is 11.9 Å². The van der Waals surface area contributed by atoms with E-state index in [-0.39, 0.29) is 17.9 Å². The van der Waals surface area contributed by atoms with Crippen LogP contribution >= 0.6 is 11.6 Å². The number of alkyl halides is 3. The van der Waals surface area contributed by atoms with Crippen LogP contribution in [0.4, 0.5) is 46.8 Å². The van der Waals surface area contributed by atoms with Gasteiger partial charge in [-0.25, -0.2) is 14.6 Å². The van der Waals surface area contributed by atoms with Crippen LogP contribution in [-0.2, 0) is 22.4 Å². The van der Waals surface area contributed by atoms with Crippen molar-refractivity contribution in [3.63, 3.8) is 0 Å². The number of amides is 3. The summed E-state index contributed by atoms with van der Waals surface area (Å²) in [5.41, 5.74) is 4.75. The van der Waals surface area contributed by atoms with Crippen molar-refractivity contribution >= 4 is 58.3 Å². The Hall–Kier alpha value is -4.59. The summed E-state index contributed by atoms with van der Waals surface area (Å²) in [5.74, 6) is -1.52. The van der Waals surface area contributed by atoms with Crippen LogP contribution in [0, 0.1) is 5.92 Å². The SMILES string of the molecule is O=C(CC1CCN(C(=O)NC2CCCC2)CC1)Nc1ccc2cc1CCc1cccc(c1)Nc1ncc(Cl)c(n1)N2.O=C(O)C(F)(F)F. The standard InChI is InChI=1S/C31H36ClN7O2.C2HF3O2/c32-26-19-33-30-35-24-7-3-4-20(16-24)8-9-22-18-25(34-29(26)38-30)10-11-27(22)37-28(40)17-21-12-14-39(15-13-21)31(41)36-23-5-1-2-6-23;3-2(4,5)1(6)7/h3-4,7,10-11,16,18-19,21,23H,1-2,5-6,8-9,12-15,17H2,(H,36,41)(H,37,40)(H2,33,34,35,38);(H,6,7). The van der Waals surface area contributed by atoms with Gasteiger partial charge in [-0.3, -0.25) is 4.79 Å². The molecule has 1 saturated carbocycles. The molecule has 5 N–H and O–H groups in total. The number of halogens is 4. The fourth-order valence-electron chi connectivity index (χ4n) is 6.00. The third kappa shape index (κ3) is 9.72. The van der Waals surface area contributed by atoms with Gasteiger partial charge in [-0.1, -0.05) is 36.6 Å². The molecule has 1 aliphatic carbocycles. The van der Waals surface area contributed by atoms with E-state index < -0.39 is 12.1 Å². The molecule has 15 heteroatoms. The maximum atomic E-state index is 13.2. The molecule has 1 saturated heterocycles. The highest BCUT2D eigenvalue weighted by atomic mass is 35.5. The Balaban J connectivity index is 0.000000582. The first-order valence-corrected chi connectivity index (χ1v) is 16.2. The number of hydrogen-bond donors (Lipinski definition) is 5. The second-order valence-electron chi connectivity index (χ2n) is 12.1. The predicted molar refractivity (Wildman–Crippen MR) is 176 cm³/mol. The summed E-state index contributed by atoms with van der Waals surface area (Å²) in [7, 11) is 0. The van der Waals surface area contributed by atoms with Gasteiger partial charge < -0.3 is 31.3 Å². The van der Waals surface area contributed by atoms with Gasteiger partial charge >= 0.3 is 18.2 Å². The van der Waals surface area contributed by atoms with Crippen LogP contribution in [-0.4, -0.2) is 63.2 Å². The van der Waals surface area contributed by atoms with E-state index in [1.54, 1.807) is 6.20 Å². The minimum atomic E-state index is -5.08. The van der Waals surface area contributed by atoms with E-state index in [0.29, 0.717) is 42.3 Å². The lowest BCUT2D eigenvalue weighted by Crippen LogP contribution is -2.47. The number of nitrogens with one attached hydrogen (secondary N) is 4. The molecule has 1 aromatic heterocycles. The number of carboxylic acids is 1. The van der Waals surface area contributed by atoms with Gasteiger partial charge in [0.15, 0.2) is 5.82 Å². The van der Waals surface area contributed by atoms with Crippen molar-refractivity contribution < 1.29 is 32.7 Å². The fourth-order valence-corrected chi connectivity index (χ4v) is 6.14. The number of anilines is 5. The number of aromatic nitrogens is 2. The summed E-state index contributed by atoms with van der Waals surface area (Å²) in [6.07, 6.45) is 4.74. The van der Waals surface area contributed by atoms with Gasteiger partial charge in [0, 0.05) is 42.6 Å². The van der Waals surface area contributed by atoms with Crippen molar-refractivity contribution in [2.75, 3.05) is 29.0 Å². The number of rotatable bonds is 4. The lowest BCUT2D eigenvalue weighted by atomic mass is 9.93. The Labute approximate surface area is 280 Å². The molecular weight excluding hydrogens is 651 g/mol. The maximum absolute atomic E-state index is 13.2. The number of aryl methyl sites for hydroxylation is 2. The first kappa shape index (κ1) is 34.7. The zero-order valence-electron chi connectivity index (χ0n) is 26.1. The van der Waals surface area contributed by atoms with Gasteiger partial charge in [-0.05, 0) is 85.9 Å². The Bertz CT molecular complexity index is 1630. The molecule has 3 heterocycles. The van der Waals surface area contributed by atoms with Crippen molar-refractivity contribution in [3.05, 3.63) is 64.8 Å². The smallest absolute Gasteiger partial charge is 0.475 e. The molecule has 6 rings (SSSR count). The molecule has 3 amide bonds. The number of fused-ring (bicyclic) bond motifs is 6. The predicted octanol–water partition coefficient (Wildman–Crippen LogP) is 7.04. The lowest BCUT2D eigenvalue weighted by molar-refractivity contribution is -0.192. The van der Waals surface area contributed by atoms with Crippen LogP contribution in [0.5, 0.6) is 0 Å². The lowest BCUT2D eigenvalue weighted by Gasteiger charge is -2.32. The number of carboxylic acid groups (broad SMARTS) is 1. The molecule has 0 spiro atoms. The summed E-state index contributed by atoms with van der Waals surface area (Å²) < 4.78 is 31.7. The van der Waals surface area contributed by atoms with Crippen LogP contribution in [0.1, 0.15) is 56.1 Å². The number of urea groups is 1. The first-order chi connectivity index (χ1) is 22.9. The van der Waals surface area contributed by atoms with Gasteiger partial charge in [-0.2, -0.15) is 18.2 Å². The fraction of sp³-hybridized carbons (Fsp3) is 0.424. The van der Waals surface area contributed by atoms with Gasteiger partial charge in [0.1, 0.15) is 5.02 Å². The highest BCUT2D eigenvalue weighted by molar-refractivity contribution is 6.32. The van der Waals surface area contributed by atoms with Crippen LogP contribution in [0.25, 0.3) is 0 Å². The molecule has 256 valence electrons. The van der Waals surface area contributed by atoms with Crippen LogP contribution in [0.15, 0.2) is 48.7 Å². The van der Waals surface area contributed by atoms with E-state index in [0.717, 1.165) is 61.2 Å². The maximum Gasteiger partial charge on any atom is 0.490 e. The van der Waals surface area contributed by atoms with Gasteiger partial charge in [0.05, 0.1) is 6.20 Å². The highest BCUT2D eigenvalue weighted by Gasteiger charge is 2.38. The first-order valence-electron chi connectivity index (χ1n) is 15.9. The van der Waals surface area contributed by atoms with Crippen LogP contribution < -0.4 is 21.3 Å². The normalized spacial score (nSPS) is 16.5. The number of benzene rings is 2. The second kappa shape index (κ2) is 15.5. The Morgan fingerprint density at radius 2 is 1.69 bits per heavy atom. The molecule has 0 radical (unpaired) electrons. The van der Waals surface area contributed by atoms with E-state index >= 15 is 0 Å². The van der Waals surface area contributed by atoms with Crippen molar-refractivity contribution in [3.8, 4) is 0 Å². The number of likely N-dealkylation sites (tertiary alicyclic amines) is 1. The number of nitrogens with zero attached hydrogens (tertiary/aromatic N) is 3. The molecule has 3 aromatic rings. The Morgan fingerprint density at radius 3 is 2.40 bits per heavy atom. The average molecular weight is 688 g/mol. The highest BCUT2D eigenvalue weighted by Crippen LogP contribution is 2.30. The van der Waals surface area contributed by atoms with E-state index in [1.165, 1.54) is 18.4 Å². The van der Waals surface area contributed by atoms with Crippen molar-refractivity contribution in [2.45, 2.75) is 70.0 Å². The summed E-state index contributed by atoms with van der Waals surface area (Å²) in [6.45, 7) is 1.40. The zero-order valence-corrected chi connectivity index (χ0v) is 26.8. The van der Waals surface area contributed by atoms with E-state index in [9.17, 15) is 22.8 Å². The summed E-state index contributed by atoms with van der Waals surface area (Å²) >= 11 is 6.39. The number of piperidine rings is 1. The summed E-state index contributed by atoms with van der Waals surface area (Å²) in [4.78, 5) is 45.5. The number of carbonyl (C=O) groups is 3. The third-order valence-electron chi connectivity index (χ3n) is 8.55. The largest absolute Gasteiger partial charge is 0.490 e. The molecule has 48 heavy (non-hydrogen) atoms. The molecule has 2 aromatic carbocycles. The summed E-state index contributed by atoms with van der Waals surface area (Å²) in [6, 6.07) is 14.5. The van der Waals surface area contributed by atoms with Crippen LogP contribution in [0.2, 0.25) is 5.02 Å². The average Bonchev–Trinajstić information content (AvgIpc) is 3.56. The molecule has 0 unspecified atom stereocenters. The molecule has 3 aliphatic rings. The van der Waals surface area contributed by atoms with Crippen LogP contribution in [0.3, 0.4) is 0 Å². The van der Waals surface area contributed by atoms with E-state index in [4.69, 9.17) is 21.5 Å². The van der Waals surface area contributed by atoms with E-state index in [1.807, 2.05) is 35.2 Å². The van der Waals surface area contributed by atoms with E-state index in [2.05, 4.69) is 43.4 Å². The second-order valence-corrected chi connectivity index (χ2v) is 12.5. The topological polar surface area (TPSA) is 149 Å². The minimum absolute atomic E-state index is 0.00779. The third-order valence-corrected chi connectivity index (χ3v) is 8.83.